The van der Waals surface area contributed by atoms with Gasteiger partial charge in [0.15, 0.2) is 0 Å². The fourth-order valence-corrected chi connectivity index (χ4v) is 1.93. The van der Waals surface area contributed by atoms with Gasteiger partial charge in [0.1, 0.15) is 24.1 Å². The predicted octanol–water partition coefficient (Wildman–Crippen LogP) is 2.06. The summed E-state index contributed by atoms with van der Waals surface area (Å²) in [6, 6.07) is 11.8. The van der Waals surface area contributed by atoms with Crippen LogP contribution in [0.2, 0.25) is 0 Å². The number of phenolic OH excluding ortho intramolecular Hbond substituents is 1. The van der Waals surface area contributed by atoms with Crippen LogP contribution in [0.5, 0.6) is 11.5 Å². The molecule has 6 nitrogen and oxygen atoms in total. The molecule has 0 aliphatic rings. The van der Waals surface area contributed by atoms with Gasteiger partial charge in [0.25, 0.3) is 0 Å². The lowest BCUT2D eigenvalue weighted by Crippen LogP contribution is -2.23. The predicted molar refractivity (Wildman–Crippen MR) is 82.6 cm³/mol. The number of hydrogen-bond acceptors (Lipinski definition) is 6. The van der Waals surface area contributed by atoms with Crippen LogP contribution in [0.1, 0.15) is 24.1 Å². The van der Waals surface area contributed by atoms with Gasteiger partial charge in [-0.25, -0.2) is 4.79 Å². The van der Waals surface area contributed by atoms with E-state index in [-0.39, 0.29) is 12.4 Å². The fourth-order valence-electron chi connectivity index (χ4n) is 1.93. The van der Waals surface area contributed by atoms with Crippen LogP contribution < -0.4 is 10.5 Å². The highest BCUT2D eigenvalue weighted by Crippen LogP contribution is 2.21. The number of esters is 2. The van der Waals surface area contributed by atoms with Crippen molar-refractivity contribution in [3.8, 4) is 11.5 Å². The first kappa shape index (κ1) is 16.5. The number of hydrogen-bond donors (Lipinski definition) is 2. The minimum atomic E-state index is -0.962. The number of rotatable bonds is 5. The summed E-state index contributed by atoms with van der Waals surface area (Å²) >= 11 is 0. The van der Waals surface area contributed by atoms with Gasteiger partial charge in [0.2, 0.25) is 0 Å². The Labute approximate surface area is 133 Å². The summed E-state index contributed by atoms with van der Waals surface area (Å²) < 4.78 is 10.2. The summed E-state index contributed by atoms with van der Waals surface area (Å²) in [6.45, 7) is 1.23. The van der Waals surface area contributed by atoms with E-state index in [4.69, 9.17) is 15.2 Å². The van der Waals surface area contributed by atoms with E-state index in [1.807, 2.05) is 0 Å². The Morgan fingerprint density at radius 2 is 1.78 bits per heavy atom. The standard InChI is InChI=1S/C17H17NO5/c1-11(19)23-15-5-3-2-4-13(15)10-22-17(21)16(18)12-6-8-14(20)9-7-12/h2-9,16,20H,10,18H2,1H3. The molecule has 0 amide bonds. The van der Waals surface area contributed by atoms with E-state index in [0.717, 1.165) is 0 Å². The molecular formula is C17H17NO5. The number of phenols is 1. The summed E-state index contributed by atoms with van der Waals surface area (Å²) in [4.78, 5) is 23.1. The highest BCUT2D eigenvalue weighted by atomic mass is 16.5. The monoisotopic (exact) mass is 315 g/mol. The molecule has 0 radical (unpaired) electrons. The Hall–Kier alpha value is -2.86. The van der Waals surface area contributed by atoms with Crippen molar-refractivity contribution in [2.24, 2.45) is 5.73 Å². The maximum atomic E-state index is 12.0. The van der Waals surface area contributed by atoms with Crippen LogP contribution in [-0.2, 0) is 20.9 Å². The van der Waals surface area contributed by atoms with E-state index in [9.17, 15) is 14.7 Å². The smallest absolute Gasteiger partial charge is 0.327 e. The first-order chi connectivity index (χ1) is 11.0. The summed E-state index contributed by atoms with van der Waals surface area (Å²) in [5, 5.41) is 9.23. The molecule has 0 bridgehead atoms. The number of benzene rings is 2. The van der Waals surface area contributed by atoms with Gasteiger partial charge in [-0.3, -0.25) is 4.79 Å². The fraction of sp³-hybridized carbons (Fsp3) is 0.176. The molecule has 0 heterocycles. The molecule has 2 aromatic carbocycles. The third-order valence-electron chi connectivity index (χ3n) is 3.10. The van der Waals surface area contributed by atoms with E-state index < -0.39 is 18.0 Å². The van der Waals surface area contributed by atoms with Gasteiger partial charge in [0, 0.05) is 12.5 Å². The molecule has 0 saturated heterocycles. The van der Waals surface area contributed by atoms with Crippen molar-refractivity contribution in [3.05, 3.63) is 59.7 Å². The number of aromatic hydroxyl groups is 1. The second kappa shape index (κ2) is 7.42. The zero-order valence-corrected chi connectivity index (χ0v) is 12.6. The van der Waals surface area contributed by atoms with Crippen LogP contribution >= 0.6 is 0 Å². The van der Waals surface area contributed by atoms with Crippen molar-refractivity contribution >= 4 is 11.9 Å². The molecule has 1 atom stereocenters. The molecule has 0 aliphatic carbocycles. The lowest BCUT2D eigenvalue weighted by molar-refractivity contribution is -0.146. The van der Waals surface area contributed by atoms with E-state index in [0.29, 0.717) is 16.9 Å². The van der Waals surface area contributed by atoms with Gasteiger partial charge in [-0.15, -0.1) is 0 Å². The Balaban J connectivity index is 2.01. The number of carbonyl (C=O) groups excluding carboxylic acids is 2. The maximum absolute atomic E-state index is 12.0. The molecule has 0 saturated carbocycles. The summed E-state index contributed by atoms with van der Waals surface area (Å²) in [5.41, 5.74) is 6.92. The minimum Gasteiger partial charge on any atom is -0.508 e. The zero-order valence-electron chi connectivity index (χ0n) is 12.6. The molecule has 23 heavy (non-hydrogen) atoms. The van der Waals surface area contributed by atoms with Crippen molar-refractivity contribution in [2.45, 2.75) is 19.6 Å². The number of ether oxygens (including phenoxy) is 2. The average Bonchev–Trinajstić information content (AvgIpc) is 2.53. The van der Waals surface area contributed by atoms with Crippen molar-refractivity contribution in [1.82, 2.24) is 0 Å². The second-order valence-corrected chi connectivity index (χ2v) is 4.88. The van der Waals surface area contributed by atoms with Gasteiger partial charge in [-0.05, 0) is 23.8 Å². The van der Waals surface area contributed by atoms with E-state index >= 15 is 0 Å². The highest BCUT2D eigenvalue weighted by Gasteiger charge is 2.18. The molecule has 0 aromatic heterocycles. The van der Waals surface area contributed by atoms with Gasteiger partial charge in [-0.1, -0.05) is 30.3 Å². The van der Waals surface area contributed by atoms with Gasteiger partial charge in [-0.2, -0.15) is 0 Å². The van der Waals surface area contributed by atoms with Crippen LogP contribution in [0.15, 0.2) is 48.5 Å². The molecule has 1 unspecified atom stereocenters. The van der Waals surface area contributed by atoms with Crippen LogP contribution in [0, 0.1) is 0 Å². The number of para-hydroxylation sites is 1. The lowest BCUT2D eigenvalue weighted by atomic mass is 10.1. The van der Waals surface area contributed by atoms with Crippen molar-refractivity contribution < 1.29 is 24.2 Å². The van der Waals surface area contributed by atoms with E-state index in [2.05, 4.69) is 0 Å². The Kier molecular flexibility index (Phi) is 5.32. The molecule has 3 N–H and O–H groups in total. The molecule has 0 fully saturated rings. The van der Waals surface area contributed by atoms with Crippen LogP contribution in [-0.4, -0.2) is 17.0 Å². The highest BCUT2D eigenvalue weighted by molar-refractivity contribution is 5.77. The van der Waals surface area contributed by atoms with Gasteiger partial charge in [0.05, 0.1) is 0 Å². The Morgan fingerprint density at radius 3 is 2.43 bits per heavy atom. The van der Waals surface area contributed by atoms with E-state index in [1.165, 1.54) is 19.1 Å². The third-order valence-corrected chi connectivity index (χ3v) is 3.10. The SMILES string of the molecule is CC(=O)Oc1ccccc1COC(=O)C(N)c1ccc(O)cc1. The van der Waals surface area contributed by atoms with Gasteiger partial charge < -0.3 is 20.3 Å². The molecule has 2 rings (SSSR count). The lowest BCUT2D eigenvalue weighted by Gasteiger charge is -2.13. The topological polar surface area (TPSA) is 98.9 Å². The Bertz CT molecular complexity index is 696. The van der Waals surface area contributed by atoms with Crippen molar-refractivity contribution in [3.63, 3.8) is 0 Å². The largest absolute Gasteiger partial charge is 0.508 e. The van der Waals surface area contributed by atoms with E-state index in [1.54, 1.807) is 36.4 Å². The molecule has 0 aliphatic heterocycles. The summed E-state index contributed by atoms with van der Waals surface area (Å²) in [7, 11) is 0. The molecule has 2 aromatic rings. The molecule has 0 spiro atoms. The second-order valence-electron chi connectivity index (χ2n) is 4.88. The van der Waals surface area contributed by atoms with Crippen LogP contribution in [0.25, 0.3) is 0 Å². The zero-order chi connectivity index (χ0) is 16.8. The maximum Gasteiger partial charge on any atom is 0.327 e. The van der Waals surface area contributed by atoms with Crippen molar-refractivity contribution in [2.75, 3.05) is 0 Å². The Morgan fingerprint density at radius 1 is 1.13 bits per heavy atom. The average molecular weight is 315 g/mol. The minimum absolute atomic E-state index is 0.0614. The quantitative estimate of drug-likeness (QED) is 0.647. The summed E-state index contributed by atoms with van der Waals surface area (Å²) in [6.07, 6.45) is 0. The third kappa shape index (κ3) is 4.55. The van der Waals surface area contributed by atoms with Crippen LogP contribution in [0.4, 0.5) is 0 Å². The van der Waals surface area contributed by atoms with Gasteiger partial charge >= 0.3 is 11.9 Å². The molecule has 120 valence electrons. The normalized spacial score (nSPS) is 11.6. The molecule has 6 heteroatoms. The first-order valence-electron chi connectivity index (χ1n) is 6.95. The van der Waals surface area contributed by atoms with Crippen LogP contribution in [0.3, 0.4) is 0 Å². The summed E-state index contributed by atoms with van der Waals surface area (Å²) in [5.74, 6) is -0.645. The van der Waals surface area contributed by atoms with Crippen molar-refractivity contribution in [1.29, 1.82) is 0 Å². The molecular weight excluding hydrogens is 298 g/mol. The first-order valence-corrected chi connectivity index (χ1v) is 6.95. The number of carbonyl (C=O) groups is 2. The number of nitrogens with two attached hydrogens (primary N) is 1.